The molecule has 0 aromatic heterocycles. The van der Waals surface area contributed by atoms with Crippen molar-refractivity contribution in [2.75, 3.05) is 5.32 Å². The molecule has 2 unspecified atom stereocenters. The maximum Gasteiger partial charge on any atom is 0.194 e. The molecule has 0 heterocycles. The quantitative estimate of drug-likeness (QED) is 0.762. The molecule has 2 atom stereocenters. The lowest BCUT2D eigenvalue weighted by Gasteiger charge is -2.14. The third kappa shape index (κ3) is 2.31. The standard InChI is InChI=1S/C12H14F3N/c1-7-2-3-8(4-7)16-9-5-10(13)12(15)11(14)6-9/h5-8,16H,2-4H2,1H3. The molecule has 4 heteroatoms. The summed E-state index contributed by atoms with van der Waals surface area (Å²) in [4.78, 5) is 0. The van der Waals surface area contributed by atoms with Crippen molar-refractivity contribution in [3.63, 3.8) is 0 Å². The molecule has 0 bridgehead atoms. The van der Waals surface area contributed by atoms with Crippen LogP contribution < -0.4 is 5.32 Å². The van der Waals surface area contributed by atoms with Gasteiger partial charge in [0.2, 0.25) is 0 Å². The summed E-state index contributed by atoms with van der Waals surface area (Å²) in [5.41, 5.74) is 0.315. The lowest BCUT2D eigenvalue weighted by atomic mass is 10.1. The Hall–Kier alpha value is -1.19. The maximum absolute atomic E-state index is 12.9. The highest BCUT2D eigenvalue weighted by molar-refractivity contribution is 5.45. The Morgan fingerprint density at radius 3 is 2.25 bits per heavy atom. The molecule has 1 aliphatic rings. The van der Waals surface area contributed by atoms with Gasteiger partial charge in [-0.3, -0.25) is 0 Å². The molecule has 1 N–H and O–H groups in total. The van der Waals surface area contributed by atoms with Crippen molar-refractivity contribution in [2.24, 2.45) is 5.92 Å². The van der Waals surface area contributed by atoms with Crippen LogP contribution in [0.3, 0.4) is 0 Å². The maximum atomic E-state index is 12.9. The fourth-order valence-electron chi connectivity index (χ4n) is 2.21. The normalized spacial score (nSPS) is 24.8. The van der Waals surface area contributed by atoms with Crippen molar-refractivity contribution in [1.82, 2.24) is 0 Å². The van der Waals surface area contributed by atoms with Gasteiger partial charge in [0, 0.05) is 23.9 Å². The molecule has 88 valence electrons. The number of rotatable bonds is 2. The second kappa shape index (κ2) is 4.36. The predicted octanol–water partition coefficient (Wildman–Crippen LogP) is 3.70. The van der Waals surface area contributed by atoms with Crippen LogP contribution in [0.25, 0.3) is 0 Å². The molecule has 1 nitrogen and oxygen atoms in total. The first kappa shape index (κ1) is 11.3. The summed E-state index contributed by atoms with van der Waals surface area (Å²) in [6.45, 7) is 2.15. The van der Waals surface area contributed by atoms with Gasteiger partial charge >= 0.3 is 0 Å². The minimum absolute atomic E-state index is 0.235. The first-order chi connectivity index (χ1) is 7.56. The van der Waals surface area contributed by atoms with Gasteiger partial charge in [-0.05, 0) is 25.2 Å². The van der Waals surface area contributed by atoms with Crippen molar-refractivity contribution in [2.45, 2.75) is 32.2 Å². The van der Waals surface area contributed by atoms with Crippen molar-refractivity contribution in [3.05, 3.63) is 29.6 Å². The lowest BCUT2D eigenvalue weighted by molar-refractivity contribution is 0.447. The first-order valence-electron chi connectivity index (χ1n) is 5.47. The number of benzene rings is 1. The average molecular weight is 229 g/mol. The van der Waals surface area contributed by atoms with E-state index in [9.17, 15) is 13.2 Å². The fraction of sp³-hybridized carbons (Fsp3) is 0.500. The van der Waals surface area contributed by atoms with Crippen molar-refractivity contribution in [1.29, 1.82) is 0 Å². The predicted molar refractivity (Wildman–Crippen MR) is 56.7 cm³/mol. The summed E-state index contributed by atoms with van der Waals surface area (Å²) in [6, 6.07) is 2.24. The Kier molecular flexibility index (Phi) is 3.08. The van der Waals surface area contributed by atoms with Gasteiger partial charge in [0.25, 0.3) is 0 Å². The third-order valence-corrected chi connectivity index (χ3v) is 3.05. The number of anilines is 1. The Bertz CT molecular complexity index is 369. The van der Waals surface area contributed by atoms with Gasteiger partial charge in [-0.2, -0.15) is 0 Å². The monoisotopic (exact) mass is 229 g/mol. The lowest BCUT2D eigenvalue weighted by Crippen LogP contribution is -2.15. The van der Waals surface area contributed by atoms with Gasteiger partial charge in [0.05, 0.1) is 0 Å². The van der Waals surface area contributed by atoms with Crippen LogP contribution in [-0.2, 0) is 0 Å². The largest absolute Gasteiger partial charge is 0.382 e. The number of hydrogen-bond acceptors (Lipinski definition) is 1. The Morgan fingerprint density at radius 2 is 1.75 bits per heavy atom. The smallest absolute Gasteiger partial charge is 0.194 e. The molecule has 1 fully saturated rings. The molecular formula is C12H14F3N. The van der Waals surface area contributed by atoms with Gasteiger partial charge in [-0.15, -0.1) is 0 Å². The summed E-state index contributed by atoms with van der Waals surface area (Å²) in [6.07, 6.45) is 3.09. The highest BCUT2D eigenvalue weighted by Gasteiger charge is 2.21. The van der Waals surface area contributed by atoms with E-state index >= 15 is 0 Å². The second-order valence-electron chi connectivity index (χ2n) is 4.51. The summed E-state index contributed by atoms with van der Waals surface area (Å²) in [7, 11) is 0. The summed E-state index contributed by atoms with van der Waals surface area (Å²) >= 11 is 0. The summed E-state index contributed by atoms with van der Waals surface area (Å²) in [5.74, 6) is -3.07. The molecule has 0 spiro atoms. The molecule has 2 rings (SSSR count). The molecule has 0 aliphatic heterocycles. The van der Waals surface area contributed by atoms with E-state index in [0.717, 1.165) is 31.4 Å². The topological polar surface area (TPSA) is 12.0 Å². The molecule has 1 aromatic carbocycles. The van der Waals surface area contributed by atoms with E-state index in [2.05, 4.69) is 12.2 Å². The van der Waals surface area contributed by atoms with Crippen LogP contribution >= 0.6 is 0 Å². The molecule has 0 saturated heterocycles. The number of nitrogens with one attached hydrogen (secondary N) is 1. The van der Waals surface area contributed by atoms with Crippen LogP contribution in [0.4, 0.5) is 18.9 Å². The zero-order valence-corrected chi connectivity index (χ0v) is 9.06. The fourth-order valence-corrected chi connectivity index (χ4v) is 2.21. The van der Waals surface area contributed by atoms with Crippen LogP contribution in [0.1, 0.15) is 26.2 Å². The Labute approximate surface area is 92.7 Å². The van der Waals surface area contributed by atoms with Gasteiger partial charge in [0.15, 0.2) is 17.5 Å². The van der Waals surface area contributed by atoms with E-state index < -0.39 is 17.5 Å². The van der Waals surface area contributed by atoms with Crippen LogP contribution in [0, 0.1) is 23.4 Å². The Balaban J connectivity index is 2.10. The number of hydrogen-bond donors (Lipinski definition) is 1. The third-order valence-electron chi connectivity index (χ3n) is 3.05. The average Bonchev–Trinajstić information content (AvgIpc) is 2.60. The molecule has 0 amide bonds. The zero-order chi connectivity index (χ0) is 11.7. The second-order valence-corrected chi connectivity index (χ2v) is 4.51. The minimum atomic E-state index is -1.41. The highest BCUT2D eigenvalue weighted by Crippen LogP contribution is 2.28. The number of halogens is 3. The van der Waals surface area contributed by atoms with Crippen molar-refractivity contribution >= 4 is 5.69 Å². The van der Waals surface area contributed by atoms with Crippen LogP contribution in [0.2, 0.25) is 0 Å². The van der Waals surface area contributed by atoms with Crippen molar-refractivity contribution < 1.29 is 13.2 Å². The molecule has 16 heavy (non-hydrogen) atoms. The van der Waals surface area contributed by atoms with Gasteiger partial charge < -0.3 is 5.32 Å². The van der Waals surface area contributed by atoms with Crippen LogP contribution in [0.5, 0.6) is 0 Å². The van der Waals surface area contributed by atoms with Gasteiger partial charge in [-0.25, -0.2) is 13.2 Å². The summed E-state index contributed by atoms with van der Waals surface area (Å²) < 4.78 is 38.6. The first-order valence-corrected chi connectivity index (χ1v) is 5.47. The minimum Gasteiger partial charge on any atom is -0.382 e. The van der Waals surface area contributed by atoms with E-state index in [-0.39, 0.29) is 6.04 Å². The van der Waals surface area contributed by atoms with E-state index in [1.807, 2.05) is 0 Å². The summed E-state index contributed by atoms with van der Waals surface area (Å²) in [5, 5.41) is 3.03. The molecular weight excluding hydrogens is 215 g/mol. The zero-order valence-electron chi connectivity index (χ0n) is 9.06. The SMILES string of the molecule is CC1CCC(Nc2cc(F)c(F)c(F)c2)C1. The molecule has 1 saturated carbocycles. The van der Waals surface area contributed by atoms with Gasteiger partial charge in [-0.1, -0.05) is 6.92 Å². The van der Waals surface area contributed by atoms with Gasteiger partial charge in [0.1, 0.15) is 0 Å². The van der Waals surface area contributed by atoms with Crippen LogP contribution in [0.15, 0.2) is 12.1 Å². The van der Waals surface area contributed by atoms with Crippen LogP contribution in [-0.4, -0.2) is 6.04 Å². The molecule has 0 radical (unpaired) electrons. The molecule has 1 aliphatic carbocycles. The Morgan fingerprint density at radius 1 is 1.12 bits per heavy atom. The van der Waals surface area contributed by atoms with E-state index in [4.69, 9.17) is 0 Å². The van der Waals surface area contributed by atoms with Crippen molar-refractivity contribution in [3.8, 4) is 0 Å². The van der Waals surface area contributed by atoms with E-state index in [1.165, 1.54) is 0 Å². The van der Waals surface area contributed by atoms with E-state index in [1.54, 1.807) is 0 Å². The van der Waals surface area contributed by atoms with E-state index in [0.29, 0.717) is 11.6 Å². The highest BCUT2D eigenvalue weighted by atomic mass is 19.2. The molecule has 1 aromatic rings.